The van der Waals surface area contributed by atoms with Gasteiger partial charge in [-0.2, -0.15) is 0 Å². The van der Waals surface area contributed by atoms with Crippen molar-refractivity contribution in [1.82, 2.24) is 15.0 Å². The van der Waals surface area contributed by atoms with Crippen LogP contribution in [0.3, 0.4) is 0 Å². The number of aromatic nitrogens is 3. The lowest BCUT2D eigenvalue weighted by Crippen LogP contribution is -2.22. The number of hydrogen-bond acceptors (Lipinski definition) is 9. The number of hydrogen-bond donors (Lipinski definition) is 0. The fraction of sp³-hybridized carbons (Fsp3) is 0.483. The molecule has 4 aliphatic rings. The highest BCUT2D eigenvalue weighted by atomic mass is 16.6. The topological polar surface area (TPSA) is 94.1 Å². The van der Waals surface area contributed by atoms with Crippen LogP contribution in [0.25, 0.3) is 0 Å². The van der Waals surface area contributed by atoms with Gasteiger partial charge in [0.05, 0.1) is 64.2 Å². The summed E-state index contributed by atoms with van der Waals surface area (Å²) in [6, 6.07) is 13.9. The molecule has 202 valence electrons. The lowest BCUT2D eigenvalue weighted by Gasteiger charge is -2.37. The van der Waals surface area contributed by atoms with Crippen LogP contribution in [0.1, 0.15) is 47.2 Å². The van der Waals surface area contributed by atoms with Crippen molar-refractivity contribution in [2.24, 2.45) is 0 Å². The molecule has 9 nitrogen and oxygen atoms in total. The Morgan fingerprint density at radius 2 is 1.00 bits per heavy atom. The van der Waals surface area contributed by atoms with Gasteiger partial charge in [-0.1, -0.05) is 18.2 Å². The molecular formula is C29H35N3O6. The van der Waals surface area contributed by atoms with Crippen LogP contribution in [-0.4, -0.2) is 67.8 Å². The van der Waals surface area contributed by atoms with Crippen LogP contribution < -0.4 is 9.47 Å². The van der Waals surface area contributed by atoms with Crippen molar-refractivity contribution in [3.8, 4) is 11.8 Å². The average Bonchev–Trinajstić information content (AvgIpc) is 2.92. The minimum atomic E-state index is 0.423. The summed E-state index contributed by atoms with van der Waals surface area (Å²) in [6.45, 7) is 4.61. The summed E-state index contributed by atoms with van der Waals surface area (Å²) in [5.74, 6) is 2.10. The van der Waals surface area contributed by atoms with Crippen LogP contribution in [0, 0.1) is 0 Å². The molecule has 0 aromatic carbocycles. The van der Waals surface area contributed by atoms with E-state index in [1.54, 1.807) is 0 Å². The van der Waals surface area contributed by atoms with E-state index in [4.69, 9.17) is 28.4 Å². The average molecular weight is 522 g/mol. The molecule has 0 unspecified atom stereocenters. The Bertz CT molecular complexity index is 1030. The fourth-order valence-corrected chi connectivity index (χ4v) is 4.58. The normalized spacial score (nSPS) is 22.0. The molecule has 38 heavy (non-hydrogen) atoms. The highest BCUT2D eigenvalue weighted by Gasteiger charge is 2.33. The van der Waals surface area contributed by atoms with Crippen molar-refractivity contribution < 1.29 is 28.4 Å². The SMILES string of the molecule is c1cc2nc(c1)COCCOCCOc1ccc(cn1)[C@@H]1CC[C@@H]1c1ccc(nc1)OCCOCCOC2. The molecule has 1 saturated carbocycles. The molecule has 1 fully saturated rings. The summed E-state index contributed by atoms with van der Waals surface area (Å²) in [4.78, 5) is 13.6. The Balaban J connectivity index is 1.16. The molecule has 7 rings (SSSR count). The molecule has 0 radical (unpaired) electrons. The zero-order chi connectivity index (χ0) is 25.8. The zero-order valence-electron chi connectivity index (χ0n) is 21.6. The predicted molar refractivity (Wildman–Crippen MR) is 139 cm³/mol. The Morgan fingerprint density at radius 1 is 0.526 bits per heavy atom. The van der Waals surface area contributed by atoms with Crippen molar-refractivity contribution in [3.63, 3.8) is 0 Å². The Kier molecular flexibility index (Phi) is 9.87. The van der Waals surface area contributed by atoms with E-state index in [1.165, 1.54) is 11.1 Å². The molecule has 0 saturated heterocycles. The number of ether oxygens (including phenoxy) is 6. The number of pyridine rings is 3. The van der Waals surface area contributed by atoms with Crippen molar-refractivity contribution in [1.29, 1.82) is 0 Å². The molecular weight excluding hydrogens is 486 g/mol. The summed E-state index contributed by atoms with van der Waals surface area (Å²) >= 11 is 0. The largest absolute Gasteiger partial charge is 0.475 e. The summed E-state index contributed by atoms with van der Waals surface area (Å²) in [6.07, 6.45) is 6.14. The second-order valence-corrected chi connectivity index (χ2v) is 9.30. The summed E-state index contributed by atoms with van der Waals surface area (Å²) in [5, 5.41) is 0. The second kappa shape index (κ2) is 14.2. The van der Waals surface area contributed by atoms with Gasteiger partial charge in [0.25, 0.3) is 0 Å². The number of fused-ring (bicyclic) bond motifs is 2. The maximum Gasteiger partial charge on any atom is 0.213 e. The lowest BCUT2D eigenvalue weighted by molar-refractivity contribution is 0.0266. The van der Waals surface area contributed by atoms with Crippen molar-refractivity contribution in [2.75, 3.05) is 52.9 Å². The molecule has 2 atom stereocenters. The summed E-state index contributed by atoms with van der Waals surface area (Å²) in [5.41, 5.74) is 4.17. The standard InChI is InChI=1S/C29H35N3O6/c1-2-24-20-35-12-10-33-14-16-37-28-8-4-22(18-30-28)26-6-7-27(26)23-5-9-29(31-19-23)38-17-15-34-11-13-36-21-25(3-1)32-24/h1-5,8-9,18-19,26-27H,6-7,10-17,20-21H2/t26-,27+. The third-order valence-electron chi connectivity index (χ3n) is 6.71. The smallest absolute Gasteiger partial charge is 0.213 e. The third-order valence-corrected chi connectivity index (χ3v) is 6.71. The molecule has 0 N–H and O–H groups in total. The predicted octanol–water partition coefficient (Wildman–Crippen LogP) is 4.07. The van der Waals surface area contributed by atoms with E-state index in [9.17, 15) is 0 Å². The Hall–Kier alpha value is -3.11. The van der Waals surface area contributed by atoms with Gasteiger partial charge in [-0.05, 0) is 47.9 Å². The van der Waals surface area contributed by atoms with Crippen LogP contribution in [0.4, 0.5) is 0 Å². The van der Waals surface area contributed by atoms with E-state index >= 15 is 0 Å². The molecule has 0 spiro atoms. The third kappa shape index (κ3) is 7.70. The summed E-state index contributed by atoms with van der Waals surface area (Å²) < 4.78 is 34.1. The molecule has 3 aromatic heterocycles. The Labute approximate surface area is 223 Å². The van der Waals surface area contributed by atoms with Gasteiger partial charge in [0, 0.05) is 24.5 Å². The maximum atomic E-state index is 5.74. The maximum absolute atomic E-state index is 5.74. The van der Waals surface area contributed by atoms with E-state index < -0.39 is 0 Å². The van der Waals surface area contributed by atoms with E-state index in [0.717, 1.165) is 24.2 Å². The van der Waals surface area contributed by atoms with Gasteiger partial charge in [-0.3, -0.25) is 4.98 Å². The molecule has 3 aliphatic heterocycles. The monoisotopic (exact) mass is 521 g/mol. The first-order valence-corrected chi connectivity index (χ1v) is 13.3. The van der Waals surface area contributed by atoms with Gasteiger partial charge in [0.1, 0.15) is 13.2 Å². The van der Waals surface area contributed by atoms with Crippen molar-refractivity contribution in [3.05, 3.63) is 77.4 Å². The van der Waals surface area contributed by atoms with Crippen LogP contribution in [0.5, 0.6) is 11.8 Å². The molecule has 3 aromatic rings. The summed E-state index contributed by atoms with van der Waals surface area (Å²) in [7, 11) is 0. The molecule has 9 heteroatoms. The van der Waals surface area contributed by atoms with E-state index in [0.29, 0.717) is 89.7 Å². The van der Waals surface area contributed by atoms with Crippen molar-refractivity contribution >= 4 is 0 Å². The fourth-order valence-electron chi connectivity index (χ4n) is 4.58. The molecule has 1 aliphatic carbocycles. The van der Waals surface area contributed by atoms with E-state index in [-0.39, 0.29) is 0 Å². The highest BCUT2D eigenvalue weighted by molar-refractivity contribution is 5.32. The van der Waals surface area contributed by atoms with Gasteiger partial charge < -0.3 is 28.4 Å². The first-order valence-electron chi connectivity index (χ1n) is 13.3. The van der Waals surface area contributed by atoms with Crippen LogP contribution in [-0.2, 0) is 32.2 Å². The minimum absolute atomic E-state index is 0.423. The molecule has 6 heterocycles. The van der Waals surface area contributed by atoms with Crippen molar-refractivity contribution in [2.45, 2.75) is 37.9 Å². The van der Waals surface area contributed by atoms with E-state index in [1.807, 2.05) is 42.7 Å². The number of rotatable bonds is 0. The first-order chi connectivity index (χ1) is 18.8. The van der Waals surface area contributed by atoms with E-state index in [2.05, 4.69) is 27.1 Å². The minimum Gasteiger partial charge on any atom is -0.475 e. The molecule has 6 bridgehead atoms. The van der Waals surface area contributed by atoms with Gasteiger partial charge in [0.2, 0.25) is 11.8 Å². The Morgan fingerprint density at radius 3 is 1.45 bits per heavy atom. The quantitative estimate of drug-likeness (QED) is 0.434. The van der Waals surface area contributed by atoms with Gasteiger partial charge in [-0.25, -0.2) is 9.97 Å². The van der Waals surface area contributed by atoms with Gasteiger partial charge >= 0.3 is 0 Å². The van der Waals surface area contributed by atoms with Crippen LogP contribution in [0.2, 0.25) is 0 Å². The number of nitrogens with zero attached hydrogens (tertiary/aromatic N) is 3. The molecule has 0 amide bonds. The zero-order valence-corrected chi connectivity index (χ0v) is 21.6. The first kappa shape index (κ1) is 26.5. The van der Waals surface area contributed by atoms with Gasteiger partial charge in [0.15, 0.2) is 0 Å². The van der Waals surface area contributed by atoms with Gasteiger partial charge in [-0.15, -0.1) is 0 Å². The van der Waals surface area contributed by atoms with Crippen LogP contribution in [0.15, 0.2) is 54.9 Å². The lowest BCUT2D eigenvalue weighted by atomic mass is 9.67. The second-order valence-electron chi connectivity index (χ2n) is 9.30. The highest BCUT2D eigenvalue weighted by Crippen LogP contribution is 2.48. The van der Waals surface area contributed by atoms with Crippen LogP contribution >= 0.6 is 0 Å².